The second kappa shape index (κ2) is 19.0. The molecule has 0 radical (unpaired) electrons. The molecule has 2 fully saturated rings. The number of carbonyl (C=O) groups excluding carboxylic acids is 2. The maximum absolute atomic E-state index is 13.0. The molecular weight excluding hydrogens is 665 g/mol. The molecule has 0 unspecified atom stereocenters. The zero-order valence-corrected chi connectivity index (χ0v) is 32.4. The lowest BCUT2D eigenvalue weighted by Gasteiger charge is -2.32. The van der Waals surface area contributed by atoms with Crippen molar-refractivity contribution in [3.63, 3.8) is 0 Å². The van der Waals surface area contributed by atoms with Crippen molar-refractivity contribution in [1.82, 2.24) is 50.6 Å². The number of likely N-dealkylation sites (tertiary alicyclic amines) is 2. The van der Waals surface area contributed by atoms with Gasteiger partial charge in [-0.15, -0.1) is 0 Å². The molecule has 6 rings (SSSR count). The van der Waals surface area contributed by atoms with Gasteiger partial charge in [0.25, 0.3) is 11.8 Å². The van der Waals surface area contributed by atoms with Crippen LogP contribution >= 0.6 is 0 Å². The maximum Gasteiger partial charge on any atom is 0.272 e. The first-order chi connectivity index (χ1) is 25.8. The van der Waals surface area contributed by atoms with E-state index in [1.54, 1.807) is 0 Å². The number of carbonyl (C=O) groups is 2. The Bertz CT molecular complexity index is 1640. The zero-order chi connectivity index (χ0) is 37.2. The highest BCUT2D eigenvalue weighted by Crippen LogP contribution is 2.23. The van der Waals surface area contributed by atoms with Crippen molar-refractivity contribution in [3.8, 4) is 0 Å². The molecule has 0 bridgehead atoms. The molecular formula is C41H62N10O2. The van der Waals surface area contributed by atoms with E-state index in [9.17, 15) is 9.59 Å². The summed E-state index contributed by atoms with van der Waals surface area (Å²) in [4.78, 5) is 30.9. The lowest BCUT2D eigenvalue weighted by Crippen LogP contribution is -2.45. The number of para-hydroxylation sites is 2. The van der Waals surface area contributed by atoms with Gasteiger partial charge >= 0.3 is 0 Å². The lowest BCUT2D eigenvalue weighted by atomic mass is 10.0. The molecule has 2 aliphatic heterocycles. The molecule has 53 heavy (non-hydrogen) atoms. The van der Waals surface area contributed by atoms with Gasteiger partial charge in [0.15, 0.2) is 11.4 Å². The number of nitrogens with one attached hydrogen (secondary N) is 4. The van der Waals surface area contributed by atoms with E-state index in [2.05, 4.69) is 69.0 Å². The van der Waals surface area contributed by atoms with Gasteiger partial charge in [-0.1, -0.05) is 42.8 Å². The van der Waals surface area contributed by atoms with Crippen LogP contribution in [0.15, 0.2) is 48.5 Å². The summed E-state index contributed by atoms with van der Waals surface area (Å²) in [6, 6.07) is 17.5. The van der Waals surface area contributed by atoms with E-state index >= 15 is 0 Å². The highest BCUT2D eigenvalue weighted by atomic mass is 16.2. The van der Waals surface area contributed by atoms with Crippen molar-refractivity contribution in [2.24, 2.45) is 0 Å². The van der Waals surface area contributed by atoms with Crippen molar-refractivity contribution >= 4 is 33.6 Å². The Kier molecular flexibility index (Phi) is 13.9. The fourth-order valence-corrected chi connectivity index (χ4v) is 7.88. The fraction of sp³-hybridized carbons (Fsp3) is 0.610. The first kappa shape index (κ1) is 38.9. The van der Waals surface area contributed by atoms with Crippen molar-refractivity contribution in [2.75, 3.05) is 65.4 Å². The number of fused-ring (bicyclic) bond motifs is 2. The minimum atomic E-state index is -0.0895. The Labute approximate surface area is 315 Å². The normalized spacial score (nSPS) is 16.7. The number of hydrogen-bond donors (Lipinski definition) is 4. The molecule has 12 heteroatoms. The van der Waals surface area contributed by atoms with Gasteiger partial charge in [-0.05, 0) is 118 Å². The van der Waals surface area contributed by atoms with Crippen LogP contribution in [0.4, 0.5) is 0 Å². The third kappa shape index (κ3) is 10.2. The number of piperidine rings is 2. The van der Waals surface area contributed by atoms with Gasteiger partial charge in [-0.3, -0.25) is 19.0 Å². The number of nitrogens with zero attached hydrogens (tertiary/aromatic N) is 6. The van der Waals surface area contributed by atoms with Gasteiger partial charge in [0.1, 0.15) is 0 Å². The SMILES string of the molecule is CC(C)n1nc(C(=O)NCCN2CCC(NCCCCCNC3CCN(CCNC(=O)c4nn(C(C)C)c5ccccc45)CC3)CC2)c2ccccc21. The van der Waals surface area contributed by atoms with E-state index < -0.39 is 0 Å². The van der Waals surface area contributed by atoms with Crippen LogP contribution in [0.3, 0.4) is 0 Å². The van der Waals surface area contributed by atoms with Crippen molar-refractivity contribution in [3.05, 3.63) is 59.9 Å². The van der Waals surface area contributed by atoms with Crippen LogP contribution in [-0.4, -0.2) is 119 Å². The molecule has 4 heterocycles. The van der Waals surface area contributed by atoms with Gasteiger partial charge in [-0.25, -0.2) is 0 Å². The van der Waals surface area contributed by atoms with Crippen LogP contribution in [0.2, 0.25) is 0 Å². The Morgan fingerprint density at radius 1 is 0.604 bits per heavy atom. The molecule has 2 aliphatic rings. The molecule has 12 nitrogen and oxygen atoms in total. The van der Waals surface area contributed by atoms with E-state index in [0.29, 0.717) is 36.6 Å². The molecule has 2 aromatic carbocycles. The third-order valence-corrected chi connectivity index (χ3v) is 11.0. The van der Waals surface area contributed by atoms with E-state index in [1.807, 2.05) is 57.9 Å². The zero-order valence-electron chi connectivity index (χ0n) is 32.4. The quantitative estimate of drug-likeness (QED) is 0.106. The highest BCUT2D eigenvalue weighted by Gasteiger charge is 2.22. The summed E-state index contributed by atoms with van der Waals surface area (Å²) in [5, 5.41) is 24.9. The molecule has 4 aromatic rings. The van der Waals surface area contributed by atoms with Gasteiger partial charge in [0, 0.05) is 61.1 Å². The molecule has 2 saturated heterocycles. The van der Waals surface area contributed by atoms with Crippen molar-refractivity contribution in [1.29, 1.82) is 0 Å². The molecule has 0 spiro atoms. The summed E-state index contributed by atoms with van der Waals surface area (Å²) in [6.07, 6.45) is 8.30. The van der Waals surface area contributed by atoms with Gasteiger partial charge in [-0.2, -0.15) is 10.2 Å². The largest absolute Gasteiger partial charge is 0.349 e. The molecule has 288 valence electrons. The predicted molar refractivity (Wildman–Crippen MR) is 214 cm³/mol. The van der Waals surface area contributed by atoms with Gasteiger partial charge in [0.05, 0.1) is 11.0 Å². The number of benzene rings is 2. The van der Waals surface area contributed by atoms with Crippen molar-refractivity contribution < 1.29 is 9.59 Å². The fourth-order valence-electron chi connectivity index (χ4n) is 7.88. The first-order valence-corrected chi connectivity index (χ1v) is 20.2. The van der Waals surface area contributed by atoms with Crippen LogP contribution in [-0.2, 0) is 0 Å². The Hall–Kier alpha value is -3.84. The van der Waals surface area contributed by atoms with Gasteiger partial charge in [0.2, 0.25) is 0 Å². The van der Waals surface area contributed by atoms with Gasteiger partial charge < -0.3 is 31.1 Å². The number of unbranched alkanes of at least 4 members (excludes halogenated alkanes) is 2. The molecule has 2 amide bonds. The first-order valence-electron chi connectivity index (χ1n) is 20.2. The highest BCUT2D eigenvalue weighted by molar-refractivity contribution is 6.05. The monoisotopic (exact) mass is 727 g/mol. The standard InChI is InChI=1S/C41H62N10O2/c1-30(2)50-36-14-8-6-12-34(36)38(46-50)40(52)44-22-28-48-24-16-32(17-25-48)42-20-10-5-11-21-43-33-18-26-49(27-19-33)29-23-45-41(53)39-35-13-7-9-15-37(35)51(47-39)31(3)4/h6-9,12-15,30-33,42-43H,5,10-11,16-29H2,1-4H3,(H,44,52)(H,45,53). The third-order valence-electron chi connectivity index (χ3n) is 11.0. The number of amides is 2. The van der Waals surface area contributed by atoms with E-state index in [1.165, 1.54) is 19.3 Å². The van der Waals surface area contributed by atoms with E-state index in [4.69, 9.17) is 0 Å². The Morgan fingerprint density at radius 3 is 1.40 bits per heavy atom. The second-order valence-electron chi connectivity index (χ2n) is 15.5. The second-order valence-corrected chi connectivity index (χ2v) is 15.5. The maximum atomic E-state index is 13.0. The molecule has 2 aromatic heterocycles. The lowest BCUT2D eigenvalue weighted by molar-refractivity contribution is 0.0932. The number of aromatic nitrogens is 4. The summed E-state index contributed by atoms with van der Waals surface area (Å²) < 4.78 is 3.87. The van der Waals surface area contributed by atoms with Crippen LogP contribution in [0.5, 0.6) is 0 Å². The number of hydrogen-bond acceptors (Lipinski definition) is 8. The van der Waals surface area contributed by atoms with E-state index in [-0.39, 0.29) is 23.9 Å². The summed E-state index contributed by atoms with van der Waals surface area (Å²) in [6.45, 7) is 17.8. The Morgan fingerprint density at radius 2 is 1.00 bits per heavy atom. The molecule has 0 saturated carbocycles. The van der Waals surface area contributed by atoms with Crippen molar-refractivity contribution in [2.45, 2.75) is 96.8 Å². The smallest absolute Gasteiger partial charge is 0.272 e. The molecule has 0 aliphatic carbocycles. The molecule has 4 N–H and O–H groups in total. The molecule has 0 atom stereocenters. The summed E-state index contributed by atoms with van der Waals surface area (Å²) >= 11 is 0. The summed E-state index contributed by atoms with van der Waals surface area (Å²) in [7, 11) is 0. The number of rotatable bonds is 18. The van der Waals surface area contributed by atoms with Crippen LogP contribution in [0.1, 0.15) is 106 Å². The average Bonchev–Trinajstić information content (AvgIpc) is 3.76. The summed E-state index contributed by atoms with van der Waals surface area (Å²) in [5.41, 5.74) is 3.05. The predicted octanol–water partition coefficient (Wildman–Crippen LogP) is 4.99. The van der Waals surface area contributed by atoms with Crippen LogP contribution < -0.4 is 21.3 Å². The minimum Gasteiger partial charge on any atom is -0.349 e. The van der Waals surface area contributed by atoms with Crippen LogP contribution in [0.25, 0.3) is 21.8 Å². The summed E-state index contributed by atoms with van der Waals surface area (Å²) in [5.74, 6) is -0.179. The minimum absolute atomic E-state index is 0.0895. The van der Waals surface area contributed by atoms with E-state index in [0.717, 1.165) is 99.8 Å². The average molecular weight is 727 g/mol. The Balaban J connectivity index is 0.763. The topological polar surface area (TPSA) is 124 Å². The van der Waals surface area contributed by atoms with Crippen LogP contribution in [0, 0.1) is 0 Å².